The Kier molecular flexibility index (Phi) is 4.26. The highest BCUT2D eigenvalue weighted by molar-refractivity contribution is 7.05. The van der Waals surface area contributed by atoms with Crippen LogP contribution in [0.15, 0.2) is 0 Å². The summed E-state index contributed by atoms with van der Waals surface area (Å²) in [4.78, 5) is 0.931. The Balaban J connectivity index is 1.84. The molecule has 0 bridgehead atoms. The van der Waals surface area contributed by atoms with Crippen LogP contribution in [-0.2, 0) is 11.2 Å². The number of ether oxygens (including phenoxy) is 1. The minimum Gasteiger partial charge on any atom is -0.387 e. The molecule has 2 rings (SSSR count). The fourth-order valence-electron chi connectivity index (χ4n) is 2.06. The number of rotatable bonds is 5. The highest BCUT2D eigenvalue weighted by atomic mass is 32.1. The topological polar surface area (TPSA) is 55.2 Å². The van der Waals surface area contributed by atoms with E-state index in [9.17, 15) is 5.11 Å². The highest BCUT2D eigenvalue weighted by Crippen LogP contribution is 2.27. The molecule has 16 heavy (non-hydrogen) atoms. The Labute approximate surface area is 99.8 Å². The van der Waals surface area contributed by atoms with Gasteiger partial charge in [-0.05, 0) is 43.6 Å². The first kappa shape index (κ1) is 12.0. The summed E-state index contributed by atoms with van der Waals surface area (Å²) >= 11 is 1.31. The zero-order valence-electron chi connectivity index (χ0n) is 9.56. The average Bonchev–Trinajstić information content (AvgIpc) is 2.96. The van der Waals surface area contributed by atoms with Crippen LogP contribution in [0.4, 0.5) is 0 Å². The molecule has 2 unspecified atom stereocenters. The lowest BCUT2D eigenvalue weighted by molar-refractivity contribution is 0.0818. The summed E-state index contributed by atoms with van der Waals surface area (Å²) in [6.45, 7) is 2.91. The van der Waals surface area contributed by atoms with Crippen LogP contribution >= 0.6 is 11.5 Å². The van der Waals surface area contributed by atoms with E-state index in [2.05, 4.69) is 9.59 Å². The van der Waals surface area contributed by atoms with Gasteiger partial charge in [0.2, 0.25) is 0 Å². The first-order valence-electron chi connectivity index (χ1n) is 5.92. The molecule has 0 amide bonds. The summed E-state index contributed by atoms with van der Waals surface area (Å²) in [6, 6.07) is 0. The number of hydrogen-bond donors (Lipinski definition) is 1. The van der Waals surface area contributed by atoms with Crippen molar-refractivity contribution in [3.63, 3.8) is 0 Å². The number of aliphatic hydroxyl groups is 1. The summed E-state index contributed by atoms with van der Waals surface area (Å²) in [6.07, 6.45) is 4.74. The number of hydrogen-bond acceptors (Lipinski definition) is 5. The van der Waals surface area contributed by atoms with E-state index in [0.29, 0.717) is 6.10 Å². The molecule has 5 heteroatoms. The van der Waals surface area contributed by atoms with E-state index < -0.39 is 6.10 Å². The third kappa shape index (κ3) is 2.78. The molecule has 0 radical (unpaired) electrons. The van der Waals surface area contributed by atoms with Crippen molar-refractivity contribution in [2.75, 3.05) is 6.61 Å². The van der Waals surface area contributed by atoms with Gasteiger partial charge in [-0.1, -0.05) is 11.4 Å². The molecule has 0 aliphatic carbocycles. The van der Waals surface area contributed by atoms with Gasteiger partial charge in [-0.15, -0.1) is 5.10 Å². The summed E-state index contributed by atoms with van der Waals surface area (Å²) in [7, 11) is 0. The second-order valence-electron chi connectivity index (χ2n) is 4.17. The monoisotopic (exact) mass is 242 g/mol. The van der Waals surface area contributed by atoms with Gasteiger partial charge in [-0.2, -0.15) is 0 Å². The Morgan fingerprint density at radius 1 is 1.62 bits per heavy atom. The van der Waals surface area contributed by atoms with Crippen molar-refractivity contribution in [3.8, 4) is 0 Å². The van der Waals surface area contributed by atoms with E-state index in [1.807, 2.05) is 6.92 Å². The van der Waals surface area contributed by atoms with Crippen molar-refractivity contribution in [2.24, 2.45) is 0 Å². The maximum Gasteiger partial charge on any atom is 0.0918 e. The van der Waals surface area contributed by atoms with Gasteiger partial charge >= 0.3 is 0 Å². The summed E-state index contributed by atoms with van der Waals surface area (Å²) in [5.74, 6) is 0. The molecule has 0 aromatic carbocycles. The van der Waals surface area contributed by atoms with Crippen LogP contribution in [-0.4, -0.2) is 27.4 Å². The van der Waals surface area contributed by atoms with E-state index in [0.717, 1.165) is 49.3 Å². The molecule has 1 aromatic heterocycles. The summed E-state index contributed by atoms with van der Waals surface area (Å²) < 4.78 is 9.43. The molecular formula is C11H18N2O2S. The van der Waals surface area contributed by atoms with Crippen LogP contribution < -0.4 is 0 Å². The minimum atomic E-state index is -0.417. The lowest BCUT2D eigenvalue weighted by Gasteiger charge is -2.12. The molecule has 1 fully saturated rings. The van der Waals surface area contributed by atoms with Crippen LogP contribution in [0.1, 0.15) is 49.3 Å². The first-order chi connectivity index (χ1) is 7.81. The van der Waals surface area contributed by atoms with E-state index in [-0.39, 0.29) is 0 Å². The normalized spacial score (nSPS) is 22.5. The van der Waals surface area contributed by atoms with E-state index in [1.54, 1.807) is 0 Å². The quantitative estimate of drug-likeness (QED) is 0.859. The molecule has 0 spiro atoms. The predicted octanol–water partition coefficient (Wildman–Crippen LogP) is 2.09. The molecule has 1 aliphatic rings. The Hall–Kier alpha value is -0.520. The van der Waals surface area contributed by atoms with Crippen LogP contribution in [0, 0.1) is 0 Å². The Morgan fingerprint density at radius 2 is 2.50 bits per heavy atom. The van der Waals surface area contributed by atoms with Crippen LogP contribution in [0.3, 0.4) is 0 Å². The highest BCUT2D eigenvalue weighted by Gasteiger charge is 2.20. The predicted molar refractivity (Wildman–Crippen MR) is 62.5 cm³/mol. The van der Waals surface area contributed by atoms with Crippen LogP contribution in [0.25, 0.3) is 0 Å². The summed E-state index contributed by atoms with van der Waals surface area (Å²) in [5.41, 5.74) is 0.935. The Bertz CT molecular complexity index is 324. The largest absolute Gasteiger partial charge is 0.387 e. The molecular weight excluding hydrogens is 224 g/mol. The van der Waals surface area contributed by atoms with Crippen molar-refractivity contribution in [2.45, 2.75) is 51.2 Å². The van der Waals surface area contributed by atoms with Crippen LogP contribution in [0.2, 0.25) is 0 Å². The van der Waals surface area contributed by atoms with Crippen molar-refractivity contribution in [1.29, 1.82) is 0 Å². The lowest BCUT2D eigenvalue weighted by Crippen LogP contribution is -2.08. The average molecular weight is 242 g/mol. The zero-order valence-corrected chi connectivity index (χ0v) is 10.4. The molecule has 90 valence electrons. The summed E-state index contributed by atoms with van der Waals surface area (Å²) in [5, 5.41) is 14.1. The minimum absolute atomic E-state index is 0.348. The third-order valence-electron chi connectivity index (χ3n) is 3.01. The molecule has 2 heterocycles. The van der Waals surface area contributed by atoms with Crippen molar-refractivity contribution in [1.82, 2.24) is 9.59 Å². The van der Waals surface area contributed by atoms with Gasteiger partial charge in [-0.25, -0.2) is 0 Å². The number of aromatic nitrogens is 2. The molecule has 1 aromatic rings. The van der Waals surface area contributed by atoms with Gasteiger partial charge < -0.3 is 9.84 Å². The molecule has 1 aliphatic heterocycles. The maximum atomic E-state index is 10.1. The fraction of sp³-hybridized carbons (Fsp3) is 0.818. The fourth-order valence-corrected chi connectivity index (χ4v) is 2.82. The van der Waals surface area contributed by atoms with Crippen molar-refractivity contribution in [3.05, 3.63) is 10.6 Å². The van der Waals surface area contributed by atoms with Gasteiger partial charge in [0.15, 0.2) is 0 Å². The van der Waals surface area contributed by atoms with Gasteiger partial charge in [-0.3, -0.25) is 0 Å². The Morgan fingerprint density at radius 3 is 3.19 bits per heavy atom. The number of aryl methyl sites for hydroxylation is 1. The standard InChI is InChI=1S/C11H18N2O2S/c1-2-9-11(16-13-12-9)10(14)6-5-8-4-3-7-15-8/h8,10,14H,2-7H2,1H3. The van der Waals surface area contributed by atoms with Gasteiger partial charge in [0.25, 0.3) is 0 Å². The molecule has 1 N–H and O–H groups in total. The molecule has 0 saturated carbocycles. The second kappa shape index (κ2) is 5.70. The van der Waals surface area contributed by atoms with Gasteiger partial charge in [0.1, 0.15) is 0 Å². The van der Waals surface area contributed by atoms with E-state index in [4.69, 9.17) is 4.74 Å². The van der Waals surface area contributed by atoms with Crippen LogP contribution in [0.5, 0.6) is 0 Å². The van der Waals surface area contributed by atoms with E-state index >= 15 is 0 Å². The molecule has 4 nitrogen and oxygen atoms in total. The number of nitrogens with zero attached hydrogens (tertiary/aromatic N) is 2. The maximum absolute atomic E-state index is 10.1. The zero-order chi connectivity index (χ0) is 11.4. The smallest absolute Gasteiger partial charge is 0.0918 e. The third-order valence-corrected chi connectivity index (χ3v) is 3.88. The van der Waals surface area contributed by atoms with Gasteiger partial charge in [0.05, 0.1) is 22.8 Å². The second-order valence-corrected chi connectivity index (χ2v) is 4.95. The van der Waals surface area contributed by atoms with Crippen molar-refractivity contribution >= 4 is 11.5 Å². The van der Waals surface area contributed by atoms with Crippen molar-refractivity contribution < 1.29 is 9.84 Å². The van der Waals surface area contributed by atoms with E-state index in [1.165, 1.54) is 11.5 Å². The van der Waals surface area contributed by atoms with Gasteiger partial charge in [0, 0.05) is 6.61 Å². The lowest BCUT2D eigenvalue weighted by atomic mass is 10.1. The molecule has 1 saturated heterocycles. The SMILES string of the molecule is CCc1nnsc1C(O)CCC1CCCO1. The first-order valence-corrected chi connectivity index (χ1v) is 6.69. The molecule has 2 atom stereocenters. The number of aliphatic hydroxyl groups excluding tert-OH is 1.